The standard InChI is InChI=1S/C23H20F6N2O2S/c24-22(25,26)19-9-4-14(11-30)10-20(19)33-13-17-3-1-2-16(17)12-31-21(32)15-5-7-18(8-6-15)34-23(27,28)29/h4-10,16-17H,1-3,12-13H2,(H,31,32). The highest BCUT2D eigenvalue weighted by atomic mass is 32.2. The number of amides is 1. The van der Waals surface area contributed by atoms with E-state index in [-0.39, 0.29) is 52.8 Å². The van der Waals surface area contributed by atoms with Crippen molar-refractivity contribution in [2.24, 2.45) is 11.8 Å². The largest absolute Gasteiger partial charge is 0.493 e. The third-order valence-electron chi connectivity index (χ3n) is 5.56. The fourth-order valence-corrected chi connectivity index (χ4v) is 4.42. The number of nitriles is 1. The second-order valence-corrected chi connectivity index (χ2v) is 9.00. The Labute approximate surface area is 196 Å². The van der Waals surface area contributed by atoms with E-state index in [2.05, 4.69) is 5.32 Å². The molecule has 0 bridgehead atoms. The fourth-order valence-electron chi connectivity index (χ4n) is 3.88. The molecular weight excluding hydrogens is 482 g/mol. The van der Waals surface area contributed by atoms with Crippen LogP contribution in [0.25, 0.3) is 0 Å². The number of alkyl halides is 6. The molecule has 0 radical (unpaired) electrons. The summed E-state index contributed by atoms with van der Waals surface area (Å²) in [6.07, 6.45) is -2.34. The van der Waals surface area contributed by atoms with Crippen LogP contribution in [0.1, 0.15) is 40.7 Å². The summed E-state index contributed by atoms with van der Waals surface area (Å²) in [5.41, 5.74) is -5.11. The van der Waals surface area contributed by atoms with Crippen LogP contribution >= 0.6 is 11.8 Å². The molecule has 2 aromatic carbocycles. The molecule has 34 heavy (non-hydrogen) atoms. The Morgan fingerprint density at radius 3 is 2.35 bits per heavy atom. The first kappa shape index (κ1) is 25.7. The first-order chi connectivity index (χ1) is 16.0. The summed E-state index contributed by atoms with van der Waals surface area (Å²) in [5, 5.41) is 11.7. The average Bonchev–Trinajstić information content (AvgIpc) is 3.22. The van der Waals surface area contributed by atoms with Crippen molar-refractivity contribution in [3.8, 4) is 11.8 Å². The maximum absolute atomic E-state index is 13.3. The van der Waals surface area contributed by atoms with Gasteiger partial charge in [-0.15, -0.1) is 0 Å². The van der Waals surface area contributed by atoms with Gasteiger partial charge >= 0.3 is 11.7 Å². The molecule has 2 unspecified atom stereocenters. The van der Waals surface area contributed by atoms with Gasteiger partial charge in [-0.2, -0.15) is 31.6 Å². The Bertz CT molecular complexity index is 1050. The third-order valence-corrected chi connectivity index (χ3v) is 6.30. The van der Waals surface area contributed by atoms with E-state index in [1.54, 1.807) is 6.07 Å². The molecule has 2 aromatic rings. The molecule has 0 aliphatic heterocycles. The van der Waals surface area contributed by atoms with Crippen molar-refractivity contribution in [2.45, 2.75) is 35.8 Å². The van der Waals surface area contributed by atoms with Crippen LogP contribution in [-0.4, -0.2) is 24.6 Å². The number of halogens is 6. The maximum Gasteiger partial charge on any atom is 0.446 e. The molecule has 4 nitrogen and oxygen atoms in total. The van der Waals surface area contributed by atoms with Crippen molar-refractivity contribution in [1.82, 2.24) is 5.32 Å². The van der Waals surface area contributed by atoms with E-state index in [9.17, 15) is 31.1 Å². The molecule has 1 aliphatic carbocycles. The lowest BCUT2D eigenvalue weighted by atomic mass is 9.96. The van der Waals surface area contributed by atoms with Crippen LogP contribution in [0.3, 0.4) is 0 Å². The molecule has 0 aromatic heterocycles. The number of nitrogens with zero attached hydrogens (tertiary/aromatic N) is 1. The van der Waals surface area contributed by atoms with Gasteiger partial charge in [-0.25, -0.2) is 0 Å². The van der Waals surface area contributed by atoms with Gasteiger partial charge in [-0.1, -0.05) is 6.42 Å². The van der Waals surface area contributed by atoms with E-state index in [0.717, 1.165) is 31.0 Å². The zero-order chi connectivity index (χ0) is 24.9. The van der Waals surface area contributed by atoms with Gasteiger partial charge in [-0.05, 0) is 78.9 Å². The van der Waals surface area contributed by atoms with Gasteiger partial charge in [0.2, 0.25) is 0 Å². The molecule has 0 heterocycles. The van der Waals surface area contributed by atoms with Crippen molar-refractivity contribution in [3.63, 3.8) is 0 Å². The summed E-state index contributed by atoms with van der Waals surface area (Å²) in [5.74, 6) is -0.982. The lowest BCUT2D eigenvalue weighted by molar-refractivity contribution is -0.139. The summed E-state index contributed by atoms with van der Waals surface area (Å²) in [6.45, 7) is 0.262. The predicted octanol–water partition coefficient (Wildman–Crippen LogP) is 6.41. The summed E-state index contributed by atoms with van der Waals surface area (Å²) in [6, 6.07) is 9.80. The van der Waals surface area contributed by atoms with Gasteiger partial charge in [0.05, 0.1) is 23.8 Å². The summed E-state index contributed by atoms with van der Waals surface area (Å²) in [7, 11) is 0. The van der Waals surface area contributed by atoms with Crippen LogP contribution < -0.4 is 10.1 Å². The Balaban J connectivity index is 1.57. The summed E-state index contributed by atoms with van der Waals surface area (Å²) >= 11 is -0.270. The number of benzene rings is 2. The number of rotatable bonds is 7. The van der Waals surface area contributed by atoms with E-state index < -0.39 is 28.9 Å². The van der Waals surface area contributed by atoms with E-state index >= 15 is 0 Å². The van der Waals surface area contributed by atoms with Gasteiger partial charge in [0.25, 0.3) is 5.91 Å². The topological polar surface area (TPSA) is 62.1 Å². The quantitative estimate of drug-likeness (QED) is 0.351. The molecule has 1 saturated carbocycles. The van der Waals surface area contributed by atoms with Gasteiger partial charge in [0, 0.05) is 17.0 Å². The van der Waals surface area contributed by atoms with Crippen molar-refractivity contribution in [2.75, 3.05) is 13.2 Å². The van der Waals surface area contributed by atoms with E-state index in [1.165, 1.54) is 24.3 Å². The molecule has 1 N–H and O–H groups in total. The molecular formula is C23H20F6N2O2S. The molecule has 1 aliphatic rings. The van der Waals surface area contributed by atoms with E-state index in [0.29, 0.717) is 6.42 Å². The normalized spacial score (nSPS) is 18.4. The third kappa shape index (κ3) is 7.06. The number of carbonyl (C=O) groups is 1. The van der Waals surface area contributed by atoms with Gasteiger partial charge in [-0.3, -0.25) is 4.79 Å². The van der Waals surface area contributed by atoms with Crippen molar-refractivity contribution in [3.05, 3.63) is 59.2 Å². The van der Waals surface area contributed by atoms with Gasteiger partial charge in [0.1, 0.15) is 5.75 Å². The van der Waals surface area contributed by atoms with Crippen LogP contribution in [0.4, 0.5) is 26.3 Å². The first-order valence-electron chi connectivity index (χ1n) is 10.3. The molecule has 182 valence electrons. The van der Waals surface area contributed by atoms with Crippen molar-refractivity contribution in [1.29, 1.82) is 5.26 Å². The molecule has 1 amide bonds. The number of thioether (sulfide) groups is 1. The number of carbonyl (C=O) groups excluding carboxylic acids is 1. The van der Waals surface area contributed by atoms with Crippen LogP contribution in [0.5, 0.6) is 5.75 Å². The Hall–Kier alpha value is -2.87. The SMILES string of the molecule is N#Cc1ccc(C(F)(F)F)c(OCC2CCCC2CNC(=O)c2ccc(SC(F)(F)F)cc2)c1. The summed E-state index contributed by atoms with van der Waals surface area (Å²) < 4.78 is 82.6. The molecule has 0 spiro atoms. The number of nitrogens with one attached hydrogen (secondary N) is 1. The Morgan fingerprint density at radius 1 is 1.06 bits per heavy atom. The molecule has 2 atom stereocenters. The monoisotopic (exact) mass is 502 g/mol. The highest BCUT2D eigenvalue weighted by Gasteiger charge is 2.35. The minimum atomic E-state index is -4.62. The Kier molecular flexibility index (Phi) is 8.02. The number of hydrogen-bond donors (Lipinski definition) is 1. The number of hydrogen-bond acceptors (Lipinski definition) is 4. The minimum absolute atomic E-state index is 0.00185. The summed E-state index contributed by atoms with van der Waals surface area (Å²) in [4.78, 5) is 12.4. The molecule has 11 heteroatoms. The highest BCUT2D eigenvalue weighted by molar-refractivity contribution is 8.00. The highest BCUT2D eigenvalue weighted by Crippen LogP contribution is 2.39. The van der Waals surface area contributed by atoms with Crippen LogP contribution in [0, 0.1) is 23.2 Å². The van der Waals surface area contributed by atoms with Gasteiger partial charge < -0.3 is 10.1 Å². The average molecular weight is 502 g/mol. The molecule has 1 fully saturated rings. The van der Waals surface area contributed by atoms with E-state index in [4.69, 9.17) is 10.00 Å². The zero-order valence-corrected chi connectivity index (χ0v) is 18.5. The number of ether oxygens (including phenoxy) is 1. The van der Waals surface area contributed by atoms with E-state index in [1.807, 2.05) is 0 Å². The smallest absolute Gasteiger partial charge is 0.446 e. The zero-order valence-electron chi connectivity index (χ0n) is 17.7. The first-order valence-corrected chi connectivity index (χ1v) is 11.2. The lowest BCUT2D eigenvalue weighted by Crippen LogP contribution is -2.32. The van der Waals surface area contributed by atoms with Crippen LogP contribution in [0.15, 0.2) is 47.4 Å². The van der Waals surface area contributed by atoms with Gasteiger partial charge in [0.15, 0.2) is 0 Å². The van der Waals surface area contributed by atoms with Crippen LogP contribution in [0.2, 0.25) is 0 Å². The Morgan fingerprint density at radius 2 is 1.74 bits per heavy atom. The van der Waals surface area contributed by atoms with Crippen molar-refractivity contribution < 1.29 is 35.9 Å². The lowest BCUT2D eigenvalue weighted by Gasteiger charge is -2.22. The maximum atomic E-state index is 13.3. The molecule has 0 saturated heterocycles. The molecule has 3 rings (SSSR count). The fraction of sp³-hybridized carbons (Fsp3) is 0.391. The predicted molar refractivity (Wildman–Crippen MR) is 113 cm³/mol. The second-order valence-electron chi connectivity index (χ2n) is 7.86. The van der Waals surface area contributed by atoms with Crippen molar-refractivity contribution >= 4 is 17.7 Å². The van der Waals surface area contributed by atoms with Crippen LogP contribution in [-0.2, 0) is 6.18 Å². The minimum Gasteiger partial charge on any atom is -0.493 e. The second kappa shape index (κ2) is 10.6.